The molecule has 0 saturated heterocycles. The number of aromatic nitrogens is 2. The molecule has 0 radical (unpaired) electrons. The van der Waals surface area contributed by atoms with Crippen LogP contribution in [0, 0.1) is 17.1 Å². The topological polar surface area (TPSA) is 96.7 Å². The van der Waals surface area contributed by atoms with Crippen molar-refractivity contribution in [3.05, 3.63) is 76.2 Å². The zero-order valence-corrected chi connectivity index (χ0v) is 16.3. The molecule has 0 aliphatic rings. The van der Waals surface area contributed by atoms with Gasteiger partial charge in [0.05, 0.1) is 17.8 Å². The smallest absolute Gasteiger partial charge is 0.224 e. The van der Waals surface area contributed by atoms with Gasteiger partial charge in [0.2, 0.25) is 5.91 Å². The summed E-state index contributed by atoms with van der Waals surface area (Å²) < 4.78 is 15.3. The maximum Gasteiger partial charge on any atom is 0.224 e. The predicted octanol–water partition coefficient (Wildman–Crippen LogP) is 3.41. The average molecular weight is 412 g/mol. The van der Waals surface area contributed by atoms with Crippen LogP contribution >= 0.6 is 11.6 Å². The summed E-state index contributed by atoms with van der Waals surface area (Å²) in [5, 5.41) is 16.8. The van der Waals surface area contributed by atoms with Crippen LogP contribution < -0.4 is 11.1 Å². The third-order valence-corrected chi connectivity index (χ3v) is 4.77. The van der Waals surface area contributed by atoms with E-state index in [2.05, 4.69) is 16.5 Å². The molecule has 0 unspecified atom stereocenters. The highest BCUT2D eigenvalue weighted by atomic mass is 35.5. The number of benzene rings is 2. The standard InChI is InChI=1S/C21H19ClFN5O/c22-17-8-4-9-18(23)15(17)12-20(29)26-11-5-10-19-16(13-24)21(25)28(27-19)14-6-2-1-3-7-14/h1-4,6-9H,5,10-12,25H2,(H,26,29). The van der Waals surface area contributed by atoms with E-state index < -0.39 is 5.82 Å². The van der Waals surface area contributed by atoms with Gasteiger partial charge in [-0.3, -0.25) is 4.79 Å². The van der Waals surface area contributed by atoms with E-state index in [1.165, 1.54) is 16.8 Å². The van der Waals surface area contributed by atoms with E-state index in [0.29, 0.717) is 30.6 Å². The van der Waals surface area contributed by atoms with Crippen molar-refractivity contribution in [2.75, 3.05) is 12.3 Å². The molecule has 0 fully saturated rings. The molecule has 1 aromatic heterocycles. The number of nitrogen functional groups attached to an aromatic ring is 1. The van der Waals surface area contributed by atoms with Crippen LogP contribution in [-0.4, -0.2) is 22.2 Å². The number of nitriles is 1. The lowest BCUT2D eigenvalue weighted by atomic mass is 10.1. The average Bonchev–Trinajstić information content (AvgIpc) is 3.04. The lowest BCUT2D eigenvalue weighted by Crippen LogP contribution is -2.27. The van der Waals surface area contributed by atoms with E-state index in [-0.39, 0.29) is 28.7 Å². The minimum absolute atomic E-state index is 0.134. The van der Waals surface area contributed by atoms with Gasteiger partial charge in [0.15, 0.2) is 0 Å². The molecule has 3 N–H and O–H groups in total. The maximum absolute atomic E-state index is 13.8. The third kappa shape index (κ3) is 4.73. The number of amides is 1. The highest BCUT2D eigenvalue weighted by molar-refractivity contribution is 6.31. The first-order valence-electron chi connectivity index (χ1n) is 9.03. The summed E-state index contributed by atoms with van der Waals surface area (Å²) in [6.45, 7) is 0.355. The minimum atomic E-state index is -0.506. The van der Waals surface area contributed by atoms with Crippen molar-refractivity contribution < 1.29 is 9.18 Å². The van der Waals surface area contributed by atoms with Crippen molar-refractivity contribution in [2.24, 2.45) is 0 Å². The van der Waals surface area contributed by atoms with Crippen LogP contribution in [-0.2, 0) is 17.6 Å². The number of aryl methyl sites for hydroxylation is 1. The normalized spacial score (nSPS) is 10.5. The first kappa shape index (κ1) is 20.4. The van der Waals surface area contributed by atoms with Crippen LogP contribution in [0.4, 0.5) is 10.2 Å². The summed E-state index contributed by atoms with van der Waals surface area (Å²) in [5.74, 6) is -0.549. The van der Waals surface area contributed by atoms with Gasteiger partial charge in [-0.15, -0.1) is 0 Å². The molecular formula is C21H19ClFN5O. The molecule has 8 heteroatoms. The number of rotatable bonds is 7. The van der Waals surface area contributed by atoms with Crippen molar-refractivity contribution in [3.8, 4) is 11.8 Å². The van der Waals surface area contributed by atoms with E-state index in [1.807, 2.05) is 30.3 Å². The summed E-state index contributed by atoms with van der Waals surface area (Å²) in [4.78, 5) is 12.1. The van der Waals surface area contributed by atoms with E-state index in [1.54, 1.807) is 6.07 Å². The number of carbonyl (C=O) groups excluding carboxylic acids is 1. The molecule has 148 valence electrons. The molecule has 2 aromatic carbocycles. The van der Waals surface area contributed by atoms with Gasteiger partial charge in [-0.25, -0.2) is 9.07 Å². The first-order chi connectivity index (χ1) is 14.0. The quantitative estimate of drug-likeness (QED) is 0.582. The van der Waals surface area contributed by atoms with Gasteiger partial charge in [0.25, 0.3) is 0 Å². The largest absolute Gasteiger partial charge is 0.382 e. The number of carbonyl (C=O) groups is 1. The zero-order valence-electron chi connectivity index (χ0n) is 15.5. The first-order valence-corrected chi connectivity index (χ1v) is 9.41. The molecule has 3 aromatic rings. The number of nitrogens with two attached hydrogens (primary N) is 1. The summed E-state index contributed by atoms with van der Waals surface area (Å²) in [5.41, 5.74) is 7.92. The Morgan fingerprint density at radius 3 is 2.69 bits per heavy atom. The summed E-state index contributed by atoms with van der Waals surface area (Å²) in [6.07, 6.45) is 0.884. The van der Waals surface area contributed by atoms with E-state index >= 15 is 0 Å². The Labute approximate surface area is 172 Å². The number of nitrogens with one attached hydrogen (secondary N) is 1. The van der Waals surface area contributed by atoms with Crippen LogP contribution in [0.2, 0.25) is 5.02 Å². The second kappa shape index (κ2) is 9.22. The Bertz CT molecular complexity index is 1040. The second-order valence-electron chi connectivity index (χ2n) is 6.40. The van der Waals surface area contributed by atoms with Crippen LogP contribution in [0.1, 0.15) is 23.2 Å². The minimum Gasteiger partial charge on any atom is -0.382 e. The second-order valence-corrected chi connectivity index (χ2v) is 6.80. The molecule has 0 atom stereocenters. The highest BCUT2D eigenvalue weighted by Gasteiger charge is 2.16. The zero-order chi connectivity index (χ0) is 20.8. The van der Waals surface area contributed by atoms with Crippen LogP contribution in [0.5, 0.6) is 0 Å². The monoisotopic (exact) mass is 411 g/mol. The number of anilines is 1. The molecule has 0 spiro atoms. The van der Waals surface area contributed by atoms with Gasteiger partial charge in [-0.2, -0.15) is 10.4 Å². The Balaban J connectivity index is 1.58. The van der Waals surface area contributed by atoms with Crippen molar-refractivity contribution in [2.45, 2.75) is 19.3 Å². The van der Waals surface area contributed by atoms with Gasteiger partial charge >= 0.3 is 0 Å². The fourth-order valence-corrected chi connectivity index (χ4v) is 3.18. The molecule has 3 rings (SSSR count). The molecule has 29 heavy (non-hydrogen) atoms. The van der Waals surface area contributed by atoms with Crippen molar-refractivity contribution in [1.29, 1.82) is 5.26 Å². The van der Waals surface area contributed by atoms with Crippen molar-refractivity contribution in [3.63, 3.8) is 0 Å². The maximum atomic E-state index is 13.8. The third-order valence-electron chi connectivity index (χ3n) is 4.42. The summed E-state index contributed by atoms with van der Waals surface area (Å²) in [7, 11) is 0. The fraction of sp³-hybridized carbons (Fsp3) is 0.190. The molecule has 0 aliphatic heterocycles. The highest BCUT2D eigenvalue weighted by Crippen LogP contribution is 2.21. The van der Waals surface area contributed by atoms with Crippen LogP contribution in [0.15, 0.2) is 48.5 Å². The predicted molar refractivity (Wildman–Crippen MR) is 109 cm³/mol. The SMILES string of the molecule is N#Cc1c(CCCNC(=O)Cc2c(F)cccc2Cl)nn(-c2ccccc2)c1N. The number of nitrogens with zero attached hydrogens (tertiary/aromatic N) is 3. The molecule has 0 aliphatic carbocycles. The van der Waals surface area contributed by atoms with E-state index in [9.17, 15) is 14.4 Å². The number of hydrogen-bond donors (Lipinski definition) is 2. The van der Waals surface area contributed by atoms with Crippen molar-refractivity contribution >= 4 is 23.3 Å². The molecule has 0 saturated carbocycles. The van der Waals surface area contributed by atoms with Gasteiger partial charge in [0, 0.05) is 17.1 Å². The lowest BCUT2D eigenvalue weighted by molar-refractivity contribution is -0.120. The molecule has 1 amide bonds. The van der Waals surface area contributed by atoms with Gasteiger partial charge < -0.3 is 11.1 Å². The Kier molecular flexibility index (Phi) is 6.47. The fourth-order valence-electron chi connectivity index (χ4n) is 2.95. The summed E-state index contributed by atoms with van der Waals surface area (Å²) in [6, 6.07) is 15.7. The molecular weight excluding hydrogens is 393 g/mol. The van der Waals surface area contributed by atoms with E-state index in [0.717, 1.165) is 5.69 Å². The Morgan fingerprint density at radius 2 is 2.00 bits per heavy atom. The molecule has 1 heterocycles. The van der Waals surface area contributed by atoms with Crippen molar-refractivity contribution in [1.82, 2.24) is 15.1 Å². The summed E-state index contributed by atoms with van der Waals surface area (Å²) >= 11 is 5.94. The Hall–Kier alpha value is -3.37. The van der Waals surface area contributed by atoms with Gasteiger partial charge in [-0.05, 0) is 37.1 Å². The van der Waals surface area contributed by atoms with Gasteiger partial charge in [0.1, 0.15) is 23.3 Å². The molecule has 6 nitrogen and oxygen atoms in total. The molecule has 0 bridgehead atoms. The number of para-hydroxylation sites is 1. The Morgan fingerprint density at radius 1 is 1.24 bits per heavy atom. The lowest BCUT2D eigenvalue weighted by Gasteiger charge is -2.07. The van der Waals surface area contributed by atoms with Crippen LogP contribution in [0.3, 0.4) is 0 Å². The number of hydrogen-bond acceptors (Lipinski definition) is 4. The van der Waals surface area contributed by atoms with Gasteiger partial charge in [-0.1, -0.05) is 35.9 Å². The van der Waals surface area contributed by atoms with Crippen LogP contribution in [0.25, 0.3) is 5.69 Å². The van der Waals surface area contributed by atoms with E-state index in [4.69, 9.17) is 17.3 Å². The number of halogens is 2.